The van der Waals surface area contributed by atoms with Crippen LogP contribution in [0, 0.1) is 0 Å². The summed E-state index contributed by atoms with van der Waals surface area (Å²) < 4.78 is 5.49. The molecule has 3 aromatic rings. The molecule has 2 heterocycles. The van der Waals surface area contributed by atoms with Crippen molar-refractivity contribution in [2.45, 2.75) is 24.1 Å². The Morgan fingerprint density at radius 3 is 2.75 bits per heavy atom. The lowest BCUT2D eigenvalue weighted by atomic mass is 10.1. The second-order valence-corrected chi connectivity index (χ2v) is 7.32. The molecule has 0 saturated heterocycles. The van der Waals surface area contributed by atoms with E-state index < -0.39 is 0 Å². The fraction of sp³-hybridized carbons (Fsp3) is 0.235. The van der Waals surface area contributed by atoms with Crippen LogP contribution in [0.15, 0.2) is 41.0 Å². The highest BCUT2D eigenvalue weighted by Gasteiger charge is 2.18. The summed E-state index contributed by atoms with van der Waals surface area (Å²) in [6.45, 7) is 4.38. The summed E-state index contributed by atoms with van der Waals surface area (Å²) in [5, 5.41) is 3.45. The number of amides is 1. The number of nitrogens with two attached hydrogens (primary N) is 1. The third-order valence-corrected chi connectivity index (χ3v) is 5.51. The SMILES string of the molecule is CCOc1ccc(-c2csc3ncnc(SC(C)C(N)=O)c23)cc1. The first kappa shape index (κ1) is 16.7. The number of hydrogen-bond acceptors (Lipinski definition) is 6. The number of hydrogen-bond donors (Lipinski definition) is 1. The molecule has 1 unspecified atom stereocenters. The Kier molecular flexibility index (Phi) is 5.01. The van der Waals surface area contributed by atoms with Crippen molar-refractivity contribution in [3.63, 3.8) is 0 Å². The van der Waals surface area contributed by atoms with Gasteiger partial charge >= 0.3 is 0 Å². The minimum Gasteiger partial charge on any atom is -0.494 e. The van der Waals surface area contributed by atoms with Gasteiger partial charge in [-0.15, -0.1) is 11.3 Å². The van der Waals surface area contributed by atoms with E-state index in [0.29, 0.717) is 6.61 Å². The predicted octanol–water partition coefficient (Wildman–Crippen LogP) is 3.72. The second-order valence-electron chi connectivity index (χ2n) is 5.13. The van der Waals surface area contributed by atoms with Crippen molar-refractivity contribution in [3.05, 3.63) is 36.0 Å². The van der Waals surface area contributed by atoms with E-state index in [4.69, 9.17) is 10.5 Å². The van der Waals surface area contributed by atoms with Gasteiger partial charge in [0, 0.05) is 10.9 Å². The van der Waals surface area contributed by atoms with Crippen LogP contribution in [0.3, 0.4) is 0 Å². The first-order chi connectivity index (χ1) is 11.6. The smallest absolute Gasteiger partial charge is 0.230 e. The number of benzene rings is 1. The van der Waals surface area contributed by atoms with Crippen molar-refractivity contribution in [2.24, 2.45) is 5.73 Å². The van der Waals surface area contributed by atoms with Gasteiger partial charge in [0.05, 0.1) is 17.2 Å². The highest BCUT2D eigenvalue weighted by atomic mass is 32.2. The Hall–Kier alpha value is -2.12. The summed E-state index contributed by atoms with van der Waals surface area (Å²) in [5.41, 5.74) is 7.50. The Labute approximate surface area is 148 Å². The van der Waals surface area contributed by atoms with E-state index in [-0.39, 0.29) is 11.2 Å². The Balaban J connectivity index is 2.03. The average Bonchev–Trinajstić information content (AvgIpc) is 3.01. The molecule has 1 atom stereocenters. The molecule has 1 amide bonds. The van der Waals surface area contributed by atoms with E-state index in [0.717, 1.165) is 32.1 Å². The van der Waals surface area contributed by atoms with Crippen molar-refractivity contribution in [1.82, 2.24) is 9.97 Å². The summed E-state index contributed by atoms with van der Waals surface area (Å²) in [6, 6.07) is 7.94. The van der Waals surface area contributed by atoms with E-state index in [1.807, 2.05) is 31.2 Å². The topological polar surface area (TPSA) is 78.1 Å². The highest BCUT2D eigenvalue weighted by Crippen LogP contribution is 2.39. The first-order valence-electron chi connectivity index (χ1n) is 7.51. The monoisotopic (exact) mass is 359 g/mol. The van der Waals surface area contributed by atoms with E-state index in [2.05, 4.69) is 15.3 Å². The molecule has 0 spiro atoms. The molecule has 2 N–H and O–H groups in total. The Bertz CT molecular complexity index is 862. The maximum atomic E-state index is 11.4. The molecule has 0 aliphatic rings. The zero-order valence-electron chi connectivity index (χ0n) is 13.4. The highest BCUT2D eigenvalue weighted by molar-refractivity contribution is 8.00. The van der Waals surface area contributed by atoms with E-state index >= 15 is 0 Å². The summed E-state index contributed by atoms with van der Waals surface area (Å²) in [5.74, 6) is 0.485. The molecule has 2 aromatic heterocycles. The molecular weight excluding hydrogens is 342 g/mol. The number of ether oxygens (including phenoxy) is 1. The summed E-state index contributed by atoms with van der Waals surface area (Å²) in [4.78, 5) is 21.0. The number of thiophene rings is 1. The molecular formula is C17H17N3O2S2. The van der Waals surface area contributed by atoms with Crippen molar-refractivity contribution < 1.29 is 9.53 Å². The van der Waals surface area contributed by atoms with Gasteiger partial charge < -0.3 is 10.5 Å². The van der Waals surface area contributed by atoms with Crippen molar-refractivity contribution in [3.8, 4) is 16.9 Å². The lowest BCUT2D eigenvalue weighted by molar-refractivity contribution is -0.117. The average molecular weight is 359 g/mol. The molecule has 7 heteroatoms. The van der Waals surface area contributed by atoms with Crippen molar-refractivity contribution in [1.29, 1.82) is 0 Å². The van der Waals surface area contributed by atoms with Gasteiger partial charge in [0.1, 0.15) is 21.9 Å². The fourth-order valence-corrected chi connectivity index (χ4v) is 4.14. The van der Waals surface area contributed by atoms with Gasteiger partial charge in [-0.3, -0.25) is 4.79 Å². The normalized spacial score (nSPS) is 12.2. The van der Waals surface area contributed by atoms with Crippen LogP contribution in [0.5, 0.6) is 5.75 Å². The number of rotatable bonds is 6. The fourth-order valence-electron chi connectivity index (χ4n) is 2.27. The van der Waals surface area contributed by atoms with Crippen LogP contribution in [-0.2, 0) is 4.79 Å². The van der Waals surface area contributed by atoms with Gasteiger partial charge in [-0.2, -0.15) is 0 Å². The number of fused-ring (bicyclic) bond motifs is 1. The quantitative estimate of drug-likeness (QED) is 0.536. The number of nitrogens with zero attached hydrogens (tertiary/aromatic N) is 2. The zero-order chi connectivity index (χ0) is 17.1. The summed E-state index contributed by atoms with van der Waals surface area (Å²) in [7, 11) is 0. The van der Waals surface area contributed by atoms with E-state index in [1.165, 1.54) is 18.1 Å². The minimum atomic E-state index is -0.357. The third kappa shape index (κ3) is 3.37. The van der Waals surface area contributed by atoms with Crippen LogP contribution in [0.1, 0.15) is 13.8 Å². The number of carbonyl (C=O) groups is 1. The number of carbonyl (C=O) groups excluding carboxylic acids is 1. The van der Waals surface area contributed by atoms with E-state index in [9.17, 15) is 4.79 Å². The van der Waals surface area contributed by atoms with Gasteiger partial charge in [0.25, 0.3) is 0 Å². The van der Waals surface area contributed by atoms with Gasteiger partial charge in [-0.05, 0) is 31.5 Å². The maximum Gasteiger partial charge on any atom is 0.230 e. The summed E-state index contributed by atoms with van der Waals surface area (Å²) in [6.07, 6.45) is 1.52. The molecule has 3 rings (SSSR count). The molecule has 0 saturated carbocycles. The second kappa shape index (κ2) is 7.19. The van der Waals surface area contributed by atoms with Crippen molar-refractivity contribution in [2.75, 3.05) is 6.61 Å². The van der Waals surface area contributed by atoms with Crippen LogP contribution in [0.2, 0.25) is 0 Å². The van der Waals surface area contributed by atoms with Crippen LogP contribution in [0.25, 0.3) is 21.3 Å². The van der Waals surface area contributed by atoms with Crippen LogP contribution in [0.4, 0.5) is 0 Å². The molecule has 0 aliphatic carbocycles. The first-order valence-corrected chi connectivity index (χ1v) is 9.27. The molecule has 1 aromatic carbocycles. The number of primary amides is 1. The Morgan fingerprint density at radius 2 is 2.08 bits per heavy atom. The molecule has 0 radical (unpaired) electrons. The molecule has 5 nitrogen and oxygen atoms in total. The van der Waals surface area contributed by atoms with Gasteiger partial charge in [0.15, 0.2) is 0 Å². The molecule has 124 valence electrons. The predicted molar refractivity (Wildman–Crippen MR) is 98.5 cm³/mol. The van der Waals surface area contributed by atoms with Crippen LogP contribution in [-0.4, -0.2) is 27.7 Å². The van der Waals surface area contributed by atoms with Gasteiger partial charge in [-0.1, -0.05) is 23.9 Å². The van der Waals surface area contributed by atoms with Gasteiger partial charge in [0.2, 0.25) is 5.91 Å². The minimum absolute atomic E-state index is 0.351. The maximum absolute atomic E-state index is 11.4. The van der Waals surface area contributed by atoms with Crippen LogP contribution >= 0.6 is 23.1 Å². The molecule has 0 fully saturated rings. The largest absolute Gasteiger partial charge is 0.494 e. The number of thioether (sulfide) groups is 1. The lowest BCUT2D eigenvalue weighted by Crippen LogP contribution is -2.22. The molecule has 24 heavy (non-hydrogen) atoms. The Morgan fingerprint density at radius 1 is 1.33 bits per heavy atom. The third-order valence-electron chi connectivity index (χ3n) is 3.50. The van der Waals surface area contributed by atoms with Crippen molar-refractivity contribution >= 4 is 39.2 Å². The van der Waals surface area contributed by atoms with Gasteiger partial charge in [-0.25, -0.2) is 9.97 Å². The lowest BCUT2D eigenvalue weighted by Gasteiger charge is -2.09. The van der Waals surface area contributed by atoms with E-state index in [1.54, 1.807) is 18.3 Å². The molecule has 0 aliphatic heterocycles. The molecule has 0 bridgehead atoms. The standard InChI is InChI=1S/C17H17N3O2S2/c1-3-22-12-6-4-11(5-7-12)13-8-23-16-14(13)17(20-9-19-16)24-10(2)15(18)21/h4-10H,3H2,1-2H3,(H2,18,21). The zero-order valence-corrected chi connectivity index (χ0v) is 15.0. The van der Waals surface area contributed by atoms with Crippen LogP contribution < -0.4 is 10.5 Å². The number of aromatic nitrogens is 2. The summed E-state index contributed by atoms with van der Waals surface area (Å²) >= 11 is 2.92.